The van der Waals surface area contributed by atoms with Gasteiger partial charge in [-0.3, -0.25) is 19.3 Å². The molecule has 0 spiro atoms. The second-order valence-electron chi connectivity index (χ2n) is 9.13. The van der Waals surface area contributed by atoms with E-state index in [0.29, 0.717) is 36.6 Å². The lowest BCUT2D eigenvalue weighted by atomic mass is 9.89. The van der Waals surface area contributed by atoms with Gasteiger partial charge in [-0.25, -0.2) is 0 Å². The number of piperidine rings is 1. The van der Waals surface area contributed by atoms with E-state index in [2.05, 4.69) is 24.3 Å². The molecule has 2 aliphatic rings. The van der Waals surface area contributed by atoms with E-state index in [1.54, 1.807) is 24.3 Å². The molecule has 31 heavy (non-hydrogen) atoms. The van der Waals surface area contributed by atoms with Gasteiger partial charge in [-0.1, -0.05) is 56.3 Å². The molecule has 2 heterocycles. The highest BCUT2D eigenvalue weighted by molar-refractivity contribution is 6.22. The van der Waals surface area contributed by atoms with Crippen LogP contribution in [0.5, 0.6) is 0 Å². The highest BCUT2D eigenvalue weighted by atomic mass is 16.2. The van der Waals surface area contributed by atoms with Crippen LogP contribution in [0.25, 0.3) is 0 Å². The van der Waals surface area contributed by atoms with Crippen molar-refractivity contribution < 1.29 is 14.4 Å². The molecule has 3 amide bonds. The van der Waals surface area contributed by atoms with Crippen molar-refractivity contribution in [3.05, 3.63) is 71.3 Å². The maximum atomic E-state index is 13.5. The summed E-state index contributed by atoms with van der Waals surface area (Å²) in [4.78, 5) is 42.6. The van der Waals surface area contributed by atoms with Gasteiger partial charge in [0.1, 0.15) is 6.04 Å². The zero-order valence-corrected chi connectivity index (χ0v) is 18.3. The Morgan fingerprint density at radius 3 is 2.00 bits per heavy atom. The van der Waals surface area contributed by atoms with Crippen LogP contribution >= 0.6 is 0 Å². The van der Waals surface area contributed by atoms with E-state index in [-0.39, 0.29) is 23.6 Å². The van der Waals surface area contributed by atoms with Gasteiger partial charge in [-0.05, 0) is 55.2 Å². The lowest BCUT2D eigenvalue weighted by molar-refractivity contribution is -0.137. The summed E-state index contributed by atoms with van der Waals surface area (Å²) in [7, 11) is 0. The van der Waals surface area contributed by atoms with Crippen LogP contribution in [0.15, 0.2) is 54.6 Å². The minimum absolute atomic E-state index is 0.0960. The van der Waals surface area contributed by atoms with Gasteiger partial charge in [-0.2, -0.15) is 0 Å². The number of nitrogens with zero attached hydrogens (tertiary/aromatic N) is 2. The molecule has 5 nitrogen and oxygen atoms in total. The van der Waals surface area contributed by atoms with Gasteiger partial charge in [0.2, 0.25) is 5.91 Å². The van der Waals surface area contributed by atoms with Crippen molar-refractivity contribution in [1.29, 1.82) is 0 Å². The second-order valence-corrected chi connectivity index (χ2v) is 9.13. The summed E-state index contributed by atoms with van der Waals surface area (Å²) in [5.74, 6) is -0.0540. The van der Waals surface area contributed by atoms with Crippen LogP contribution in [0.4, 0.5) is 0 Å². The molecule has 1 atom stereocenters. The van der Waals surface area contributed by atoms with E-state index < -0.39 is 6.04 Å². The maximum absolute atomic E-state index is 13.5. The number of carbonyl (C=O) groups is 3. The van der Waals surface area contributed by atoms with Crippen LogP contribution in [0, 0.1) is 11.8 Å². The Labute approximate surface area is 184 Å². The normalized spacial score (nSPS) is 17.9. The molecule has 2 aromatic rings. The average Bonchev–Trinajstić information content (AvgIpc) is 3.03. The Balaban J connectivity index is 1.46. The molecule has 0 aliphatic carbocycles. The number of carbonyl (C=O) groups excluding carboxylic acids is 3. The average molecular weight is 419 g/mol. The Hall–Kier alpha value is -2.95. The molecule has 0 radical (unpaired) electrons. The summed E-state index contributed by atoms with van der Waals surface area (Å²) in [5, 5.41) is 0. The predicted octanol–water partition coefficient (Wildman–Crippen LogP) is 4.18. The minimum Gasteiger partial charge on any atom is -0.341 e. The third-order valence-corrected chi connectivity index (χ3v) is 6.41. The molecule has 0 N–H and O–H groups in total. The molecule has 1 fully saturated rings. The standard InChI is InChI=1S/C26H30N2O3/c1-18(2)16-23(28-24(29)21-10-6-7-11-22(21)25(28)30)26(31)27-14-12-20(13-15-27)17-19-8-4-3-5-9-19/h3-11,18,20,23H,12-17H2,1-2H3/t23-/m0/s1. The van der Waals surface area contributed by atoms with Crippen LogP contribution in [-0.4, -0.2) is 46.7 Å². The van der Waals surface area contributed by atoms with Crippen molar-refractivity contribution in [2.45, 2.75) is 45.6 Å². The molecule has 4 rings (SSSR count). The zero-order chi connectivity index (χ0) is 22.0. The van der Waals surface area contributed by atoms with E-state index in [1.807, 2.05) is 24.8 Å². The third-order valence-electron chi connectivity index (χ3n) is 6.41. The van der Waals surface area contributed by atoms with Gasteiger partial charge in [0.15, 0.2) is 0 Å². The topological polar surface area (TPSA) is 57.7 Å². The Morgan fingerprint density at radius 2 is 1.45 bits per heavy atom. The molecule has 5 heteroatoms. The number of likely N-dealkylation sites (tertiary alicyclic amines) is 1. The molecule has 1 saturated heterocycles. The lowest BCUT2D eigenvalue weighted by Gasteiger charge is -2.36. The molecule has 2 aliphatic heterocycles. The number of rotatable bonds is 6. The Kier molecular flexibility index (Phi) is 6.21. The van der Waals surface area contributed by atoms with E-state index in [9.17, 15) is 14.4 Å². The van der Waals surface area contributed by atoms with Crippen LogP contribution in [0.2, 0.25) is 0 Å². The quantitative estimate of drug-likeness (QED) is 0.662. The van der Waals surface area contributed by atoms with Crippen LogP contribution < -0.4 is 0 Å². The first-order valence-corrected chi connectivity index (χ1v) is 11.3. The van der Waals surface area contributed by atoms with Crippen molar-refractivity contribution in [3.8, 4) is 0 Å². The molecule has 0 saturated carbocycles. The number of imide groups is 1. The van der Waals surface area contributed by atoms with E-state index in [1.165, 1.54) is 10.5 Å². The summed E-state index contributed by atoms with van der Waals surface area (Å²) < 4.78 is 0. The summed E-state index contributed by atoms with van der Waals surface area (Å²) >= 11 is 0. The Morgan fingerprint density at radius 1 is 0.903 bits per heavy atom. The summed E-state index contributed by atoms with van der Waals surface area (Å²) in [6, 6.07) is 16.6. The Bertz CT molecular complexity index is 927. The number of amides is 3. The monoisotopic (exact) mass is 418 g/mol. The van der Waals surface area contributed by atoms with Crippen LogP contribution in [-0.2, 0) is 11.2 Å². The smallest absolute Gasteiger partial charge is 0.262 e. The van der Waals surface area contributed by atoms with Gasteiger partial charge in [-0.15, -0.1) is 0 Å². The molecule has 0 unspecified atom stereocenters. The maximum Gasteiger partial charge on any atom is 0.262 e. The van der Waals surface area contributed by atoms with Gasteiger partial charge < -0.3 is 4.90 Å². The molecule has 0 bridgehead atoms. The van der Waals surface area contributed by atoms with Crippen molar-refractivity contribution in [2.24, 2.45) is 11.8 Å². The summed E-state index contributed by atoms with van der Waals surface area (Å²) in [6.45, 7) is 5.39. The fourth-order valence-electron chi connectivity index (χ4n) is 4.77. The van der Waals surface area contributed by atoms with Crippen molar-refractivity contribution in [2.75, 3.05) is 13.1 Å². The number of hydrogen-bond donors (Lipinski definition) is 0. The zero-order valence-electron chi connectivity index (χ0n) is 18.3. The molecular weight excluding hydrogens is 388 g/mol. The minimum atomic E-state index is -0.738. The van der Waals surface area contributed by atoms with E-state index >= 15 is 0 Å². The van der Waals surface area contributed by atoms with Gasteiger partial charge in [0.05, 0.1) is 11.1 Å². The first-order valence-electron chi connectivity index (χ1n) is 11.3. The molecule has 0 aromatic heterocycles. The van der Waals surface area contributed by atoms with Crippen molar-refractivity contribution in [3.63, 3.8) is 0 Å². The number of hydrogen-bond acceptors (Lipinski definition) is 3. The SMILES string of the molecule is CC(C)C[C@@H](C(=O)N1CCC(Cc2ccccc2)CC1)N1C(=O)c2ccccc2C1=O. The van der Waals surface area contributed by atoms with E-state index in [0.717, 1.165) is 19.3 Å². The first kappa shape index (κ1) is 21.3. The lowest BCUT2D eigenvalue weighted by Crippen LogP contribution is -2.53. The van der Waals surface area contributed by atoms with Gasteiger partial charge in [0.25, 0.3) is 11.8 Å². The van der Waals surface area contributed by atoms with Gasteiger partial charge in [0, 0.05) is 13.1 Å². The first-order chi connectivity index (χ1) is 15.0. The van der Waals surface area contributed by atoms with Crippen LogP contribution in [0.3, 0.4) is 0 Å². The molecular formula is C26H30N2O3. The fourth-order valence-corrected chi connectivity index (χ4v) is 4.77. The summed E-state index contributed by atoms with van der Waals surface area (Å²) in [5.41, 5.74) is 2.13. The molecule has 2 aromatic carbocycles. The van der Waals surface area contributed by atoms with Crippen LogP contribution in [0.1, 0.15) is 59.4 Å². The van der Waals surface area contributed by atoms with E-state index in [4.69, 9.17) is 0 Å². The number of fused-ring (bicyclic) bond motifs is 1. The summed E-state index contributed by atoms with van der Waals surface area (Å²) in [6.07, 6.45) is 3.39. The molecule has 162 valence electrons. The third kappa shape index (κ3) is 4.41. The van der Waals surface area contributed by atoms with Crippen molar-refractivity contribution in [1.82, 2.24) is 9.80 Å². The fraction of sp³-hybridized carbons (Fsp3) is 0.423. The van der Waals surface area contributed by atoms with Gasteiger partial charge >= 0.3 is 0 Å². The second kappa shape index (κ2) is 9.04. The highest BCUT2D eigenvalue weighted by Crippen LogP contribution is 2.29. The largest absolute Gasteiger partial charge is 0.341 e. The van der Waals surface area contributed by atoms with Crippen molar-refractivity contribution >= 4 is 17.7 Å². The number of benzene rings is 2. The predicted molar refractivity (Wildman–Crippen MR) is 120 cm³/mol. The highest BCUT2D eigenvalue weighted by Gasteiger charge is 2.44.